The largest absolute Gasteiger partial charge is 0.493 e. The van der Waals surface area contributed by atoms with E-state index in [4.69, 9.17) is 14.2 Å². The molecule has 20 heavy (non-hydrogen) atoms. The maximum absolute atomic E-state index is 11.8. The van der Waals surface area contributed by atoms with Crippen LogP contribution in [0.4, 0.5) is 5.69 Å². The number of carbonyl (C=O) groups excluding carboxylic acids is 1. The lowest BCUT2D eigenvalue weighted by molar-refractivity contribution is -0.130. The third-order valence-electron chi connectivity index (χ3n) is 3.22. The van der Waals surface area contributed by atoms with Crippen LogP contribution < -0.4 is 20.1 Å². The van der Waals surface area contributed by atoms with Crippen molar-refractivity contribution >= 4 is 11.6 Å². The van der Waals surface area contributed by atoms with Crippen molar-refractivity contribution in [2.24, 2.45) is 0 Å². The highest BCUT2D eigenvalue weighted by molar-refractivity contribution is 5.92. The van der Waals surface area contributed by atoms with Crippen LogP contribution in [0.15, 0.2) is 18.2 Å². The molecule has 1 aliphatic rings. The highest BCUT2D eigenvalue weighted by atomic mass is 16.5. The van der Waals surface area contributed by atoms with Crippen LogP contribution >= 0.6 is 0 Å². The molecule has 0 atom stereocenters. The van der Waals surface area contributed by atoms with Gasteiger partial charge in [-0.1, -0.05) is 0 Å². The topological polar surface area (TPSA) is 68.8 Å². The van der Waals surface area contributed by atoms with Gasteiger partial charge in [0, 0.05) is 24.8 Å². The van der Waals surface area contributed by atoms with Gasteiger partial charge in [0.05, 0.1) is 19.8 Å². The molecule has 1 aliphatic heterocycles. The number of rotatable bonds is 6. The zero-order chi connectivity index (χ0) is 14.6. The standard InChI is InChI=1S/C14H20N2O4/c1-14(8-15-9-14)20-7-13(17)16-10-4-5-11(18-2)12(6-10)19-3/h4-6,15H,7-9H2,1-3H3,(H,16,17). The van der Waals surface area contributed by atoms with E-state index in [2.05, 4.69) is 10.6 Å². The van der Waals surface area contributed by atoms with Gasteiger partial charge >= 0.3 is 0 Å². The van der Waals surface area contributed by atoms with Crippen molar-refractivity contribution in [3.63, 3.8) is 0 Å². The number of amides is 1. The molecule has 0 aliphatic carbocycles. The minimum Gasteiger partial charge on any atom is -0.493 e. The first-order chi connectivity index (χ1) is 9.56. The number of anilines is 1. The predicted molar refractivity (Wildman–Crippen MR) is 75.4 cm³/mol. The fourth-order valence-corrected chi connectivity index (χ4v) is 1.93. The molecule has 2 rings (SSSR count). The SMILES string of the molecule is COc1ccc(NC(=O)COC2(C)CNC2)cc1OC. The summed E-state index contributed by atoms with van der Waals surface area (Å²) in [7, 11) is 3.12. The Morgan fingerprint density at radius 3 is 2.55 bits per heavy atom. The Balaban J connectivity index is 1.90. The number of carbonyl (C=O) groups is 1. The number of hydrogen-bond donors (Lipinski definition) is 2. The molecule has 110 valence electrons. The smallest absolute Gasteiger partial charge is 0.250 e. The van der Waals surface area contributed by atoms with Gasteiger partial charge in [-0.15, -0.1) is 0 Å². The summed E-state index contributed by atoms with van der Waals surface area (Å²) in [5, 5.41) is 5.88. The van der Waals surface area contributed by atoms with Crippen LogP contribution in [0, 0.1) is 0 Å². The Kier molecular flexibility index (Phi) is 4.46. The molecule has 1 aromatic rings. The molecule has 0 radical (unpaired) electrons. The number of methoxy groups -OCH3 is 2. The fourth-order valence-electron chi connectivity index (χ4n) is 1.93. The Bertz CT molecular complexity index is 486. The Labute approximate surface area is 118 Å². The molecule has 1 aromatic carbocycles. The van der Waals surface area contributed by atoms with E-state index in [-0.39, 0.29) is 18.1 Å². The molecule has 2 N–H and O–H groups in total. The van der Waals surface area contributed by atoms with Crippen molar-refractivity contribution < 1.29 is 19.0 Å². The lowest BCUT2D eigenvalue weighted by atomic mass is 10.0. The highest BCUT2D eigenvalue weighted by Crippen LogP contribution is 2.29. The second-order valence-electron chi connectivity index (χ2n) is 4.96. The van der Waals surface area contributed by atoms with E-state index < -0.39 is 0 Å². The van der Waals surface area contributed by atoms with Gasteiger partial charge in [-0.3, -0.25) is 4.79 Å². The molecular formula is C14H20N2O4. The quantitative estimate of drug-likeness (QED) is 0.814. The van der Waals surface area contributed by atoms with Gasteiger partial charge < -0.3 is 24.8 Å². The summed E-state index contributed by atoms with van der Waals surface area (Å²) >= 11 is 0. The van der Waals surface area contributed by atoms with Crippen molar-refractivity contribution in [3.05, 3.63) is 18.2 Å². The lowest BCUT2D eigenvalue weighted by Crippen LogP contribution is -2.59. The van der Waals surface area contributed by atoms with Gasteiger partial charge in [0.2, 0.25) is 5.91 Å². The average molecular weight is 280 g/mol. The second-order valence-corrected chi connectivity index (χ2v) is 4.96. The number of benzene rings is 1. The molecule has 0 spiro atoms. The fraction of sp³-hybridized carbons (Fsp3) is 0.500. The number of ether oxygens (including phenoxy) is 3. The predicted octanol–water partition coefficient (Wildman–Crippen LogP) is 1.02. The van der Waals surface area contributed by atoms with Crippen molar-refractivity contribution in [2.45, 2.75) is 12.5 Å². The van der Waals surface area contributed by atoms with Gasteiger partial charge in [0.15, 0.2) is 11.5 Å². The zero-order valence-corrected chi connectivity index (χ0v) is 12.0. The van der Waals surface area contributed by atoms with Gasteiger partial charge in [-0.25, -0.2) is 0 Å². The van der Waals surface area contributed by atoms with Crippen molar-refractivity contribution in [1.82, 2.24) is 5.32 Å². The summed E-state index contributed by atoms with van der Waals surface area (Å²) in [6, 6.07) is 5.21. The Morgan fingerprint density at radius 1 is 1.30 bits per heavy atom. The summed E-state index contributed by atoms with van der Waals surface area (Å²) in [5.41, 5.74) is 0.419. The first-order valence-electron chi connectivity index (χ1n) is 6.43. The molecule has 0 bridgehead atoms. The molecule has 0 saturated carbocycles. The summed E-state index contributed by atoms with van der Waals surface area (Å²) in [4.78, 5) is 11.8. The van der Waals surface area contributed by atoms with Gasteiger partial charge in [0.25, 0.3) is 0 Å². The maximum Gasteiger partial charge on any atom is 0.250 e. The first-order valence-corrected chi connectivity index (χ1v) is 6.43. The molecule has 1 saturated heterocycles. The van der Waals surface area contributed by atoms with Crippen LogP contribution in [-0.4, -0.2) is 45.4 Å². The average Bonchev–Trinajstić information content (AvgIpc) is 2.43. The summed E-state index contributed by atoms with van der Waals surface area (Å²) in [5.74, 6) is 1.00. The summed E-state index contributed by atoms with van der Waals surface area (Å²) in [6.45, 7) is 3.56. The van der Waals surface area contributed by atoms with E-state index in [1.54, 1.807) is 32.4 Å². The third-order valence-corrected chi connectivity index (χ3v) is 3.22. The normalized spacial score (nSPS) is 16.1. The molecule has 1 fully saturated rings. The van der Waals surface area contributed by atoms with Crippen LogP contribution in [0.3, 0.4) is 0 Å². The molecular weight excluding hydrogens is 260 g/mol. The first kappa shape index (κ1) is 14.6. The molecule has 6 heteroatoms. The van der Waals surface area contributed by atoms with E-state index in [1.807, 2.05) is 6.92 Å². The van der Waals surface area contributed by atoms with E-state index in [0.717, 1.165) is 13.1 Å². The second kappa shape index (κ2) is 6.11. The van der Waals surface area contributed by atoms with E-state index in [9.17, 15) is 4.79 Å². The van der Waals surface area contributed by atoms with E-state index in [1.165, 1.54) is 0 Å². The third kappa shape index (κ3) is 3.40. The Morgan fingerprint density at radius 2 is 2.00 bits per heavy atom. The van der Waals surface area contributed by atoms with Crippen molar-refractivity contribution in [2.75, 3.05) is 39.2 Å². The molecule has 6 nitrogen and oxygen atoms in total. The van der Waals surface area contributed by atoms with Crippen LogP contribution in [-0.2, 0) is 9.53 Å². The molecule has 1 heterocycles. The molecule has 0 aromatic heterocycles. The minimum atomic E-state index is -0.227. The maximum atomic E-state index is 11.8. The van der Waals surface area contributed by atoms with Crippen LogP contribution in [0.1, 0.15) is 6.92 Å². The summed E-state index contributed by atoms with van der Waals surface area (Å²) in [6.07, 6.45) is 0. The van der Waals surface area contributed by atoms with E-state index in [0.29, 0.717) is 17.2 Å². The number of nitrogens with one attached hydrogen (secondary N) is 2. The Hall–Kier alpha value is -1.79. The summed E-state index contributed by atoms with van der Waals surface area (Å²) < 4.78 is 15.9. The van der Waals surface area contributed by atoms with Gasteiger partial charge in [-0.05, 0) is 19.1 Å². The monoisotopic (exact) mass is 280 g/mol. The molecule has 1 amide bonds. The van der Waals surface area contributed by atoms with Crippen LogP contribution in [0.2, 0.25) is 0 Å². The lowest BCUT2D eigenvalue weighted by Gasteiger charge is -2.38. The highest BCUT2D eigenvalue weighted by Gasteiger charge is 2.32. The zero-order valence-electron chi connectivity index (χ0n) is 12.0. The number of hydrogen-bond acceptors (Lipinski definition) is 5. The minimum absolute atomic E-state index is 0.0343. The van der Waals surface area contributed by atoms with Crippen LogP contribution in [0.5, 0.6) is 11.5 Å². The molecule has 0 unspecified atom stereocenters. The van der Waals surface area contributed by atoms with Crippen molar-refractivity contribution in [1.29, 1.82) is 0 Å². The van der Waals surface area contributed by atoms with E-state index >= 15 is 0 Å². The van der Waals surface area contributed by atoms with Crippen LogP contribution in [0.25, 0.3) is 0 Å². The van der Waals surface area contributed by atoms with Gasteiger partial charge in [-0.2, -0.15) is 0 Å². The van der Waals surface area contributed by atoms with Crippen molar-refractivity contribution in [3.8, 4) is 11.5 Å². The van der Waals surface area contributed by atoms with Gasteiger partial charge in [0.1, 0.15) is 6.61 Å².